The molecule has 182 valence electrons. The lowest BCUT2D eigenvalue weighted by Crippen LogP contribution is -2.54. The van der Waals surface area contributed by atoms with Crippen LogP contribution in [0.15, 0.2) is 23.0 Å². The molecule has 1 aliphatic heterocycles. The van der Waals surface area contributed by atoms with Gasteiger partial charge in [-0.25, -0.2) is 4.79 Å². The number of hydrogen-bond donors (Lipinski definition) is 0. The van der Waals surface area contributed by atoms with Crippen LogP contribution < -0.4 is 4.90 Å². The molecule has 0 atom stereocenters. The van der Waals surface area contributed by atoms with E-state index in [1.54, 1.807) is 4.90 Å². The first-order chi connectivity index (χ1) is 15.2. The standard InChI is InChI=1S/C20H28BrNO5S.C2H6.C2H4/c1-12-5-7-13(8-6-12)18(23)22(14-10-26-20(2,3)27-11-14)15-9-16(21)28-17(15)19(24)25-4;2*1-2/h9,12-14H,5-8,10-11H2,1-4H3;1-2H3;1-2H2. The summed E-state index contributed by atoms with van der Waals surface area (Å²) in [7, 11) is 1.35. The number of thiophene rings is 1. The Morgan fingerprint density at radius 1 is 1.16 bits per heavy atom. The zero-order valence-corrected chi connectivity index (χ0v) is 22.6. The van der Waals surface area contributed by atoms with Crippen LogP contribution >= 0.6 is 27.3 Å². The maximum absolute atomic E-state index is 13.6. The second-order valence-electron chi connectivity index (χ2n) is 8.10. The van der Waals surface area contributed by atoms with Gasteiger partial charge in [0.05, 0.1) is 35.8 Å². The number of anilines is 1. The SMILES string of the molecule is C=C.CC.COC(=O)c1sc(Br)cc1N(C(=O)C1CCC(C)CC1)C1COC(C)(C)OC1. The summed E-state index contributed by atoms with van der Waals surface area (Å²) in [5.74, 6) is -0.472. The molecule has 0 N–H and O–H groups in total. The summed E-state index contributed by atoms with van der Waals surface area (Å²) >= 11 is 4.72. The Labute approximate surface area is 205 Å². The maximum Gasteiger partial charge on any atom is 0.350 e. The van der Waals surface area contributed by atoms with Gasteiger partial charge in [-0.3, -0.25) is 4.79 Å². The van der Waals surface area contributed by atoms with Crippen LogP contribution in [0.25, 0.3) is 0 Å². The number of carbonyl (C=O) groups excluding carboxylic acids is 2. The quantitative estimate of drug-likeness (QED) is 0.330. The molecule has 2 fully saturated rings. The Morgan fingerprint density at radius 2 is 1.69 bits per heavy atom. The zero-order valence-electron chi connectivity index (χ0n) is 20.2. The molecule has 3 rings (SSSR count). The van der Waals surface area contributed by atoms with E-state index in [4.69, 9.17) is 14.2 Å². The summed E-state index contributed by atoms with van der Waals surface area (Å²) in [6, 6.07) is 1.53. The van der Waals surface area contributed by atoms with Gasteiger partial charge in [-0.2, -0.15) is 0 Å². The van der Waals surface area contributed by atoms with Crippen LogP contribution in [0.3, 0.4) is 0 Å². The van der Waals surface area contributed by atoms with Crippen molar-refractivity contribution in [3.63, 3.8) is 0 Å². The van der Waals surface area contributed by atoms with Crippen LogP contribution in [0.5, 0.6) is 0 Å². The lowest BCUT2D eigenvalue weighted by Gasteiger charge is -2.41. The fraction of sp³-hybridized carbons (Fsp3) is 0.667. The number of rotatable bonds is 4. The zero-order chi connectivity index (χ0) is 24.5. The number of methoxy groups -OCH3 is 1. The maximum atomic E-state index is 13.6. The van der Waals surface area contributed by atoms with Crippen LogP contribution in [0.2, 0.25) is 0 Å². The molecular formula is C24H38BrNO5S. The largest absolute Gasteiger partial charge is 0.465 e. The van der Waals surface area contributed by atoms with Crippen molar-refractivity contribution in [1.29, 1.82) is 0 Å². The van der Waals surface area contributed by atoms with E-state index in [1.807, 2.05) is 33.8 Å². The van der Waals surface area contributed by atoms with Crippen LogP contribution in [-0.4, -0.2) is 44.0 Å². The predicted octanol–water partition coefficient (Wildman–Crippen LogP) is 6.44. The highest BCUT2D eigenvalue weighted by Crippen LogP contribution is 2.39. The molecular weight excluding hydrogens is 494 g/mol. The van der Waals surface area contributed by atoms with Gasteiger partial charge >= 0.3 is 5.97 Å². The fourth-order valence-corrected chi connectivity index (χ4v) is 5.30. The molecule has 0 aromatic carbocycles. The minimum absolute atomic E-state index is 0.0410. The Balaban J connectivity index is 0.00000121. The van der Waals surface area contributed by atoms with Gasteiger partial charge in [-0.1, -0.05) is 20.8 Å². The number of ether oxygens (including phenoxy) is 3. The molecule has 1 amide bonds. The van der Waals surface area contributed by atoms with E-state index in [1.165, 1.54) is 18.4 Å². The molecule has 0 unspecified atom stereocenters. The third kappa shape index (κ3) is 7.40. The van der Waals surface area contributed by atoms with Gasteiger partial charge in [0.15, 0.2) is 5.79 Å². The average molecular weight is 533 g/mol. The molecule has 1 aliphatic carbocycles. The van der Waals surface area contributed by atoms with E-state index >= 15 is 0 Å². The summed E-state index contributed by atoms with van der Waals surface area (Å²) in [6.07, 6.45) is 3.84. The molecule has 1 aromatic heterocycles. The minimum Gasteiger partial charge on any atom is -0.465 e. The summed E-state index contributed by atoms with van der Waals surface area (Å²) in [4.78, 5) is 28.1. The first kappa shape index (κ1) is 28.8. The highest BCUT2D eigenvalue weighted by molar-refractivity contribution is 9.11. The number of carbonyl (C=O) groups is 2. The molecule has 6 nitrogen and oxygen atoms in total. The Hall–Kier alpha value is -1.22. The first-order valence-electron chi connectivity index (χ1n) is 11.2. The summed E-state index contributed by atoms with van der Waals surface area (Å²) in [6.45, 7) is 16.7. The third-order valence-corrected chi connectivity index (χ3v) is 7.13. The van der Waals surface area contributed by atoms with E-state index in [2.05, 4.69) is 36.0 Å². The van der Waals surface area contributed by atoms with Gasteiger partial charge in [0.25, 0.3) is 0 Å². The molecule has 1 saturated carbocycles. The first-order valence-corrected chi connectivity index (χ1v) is 12.8. The van der Waals surface area contributed by atoms with Crippen molar-refractivity contribution < 1.29 is 23.8 Å². The van der Waals surface area contributed by atoms with E-state index in [0.717, 1.165) is 29.5 Å². The van der Waals surface area contributed by atoms with Gasteiger partial charge in [0, 0.05) is 5.92 Å². The van der Waals surface area contributed by atoms with Crippen molar-refractivity contribution in [1.82, 2.24) is 0 Å². The number of esters is 1. The smallest absolute Gasteiger partial charge is 0.350 e. The molecule has 0 bridgehead atoms. The molecule has 2 aliphatic rings. The average Bonchev–Trinajstić information content (AvgIpc) is 3.18. The second kappa shape index (κ2) is 13.5. The van der Waals surface area contributed by atoms with Crippen LogP contribution in [0, 0.1) is 11.8 Å². The molecule has 8 heteroatoms. The summed E-state index contributed by atoms with van der Waals surface area (Å²) in [5, 5.41) is 0. The topological polar surface area (TPSA) is 65.1 Å². The molecule has 0 radical (unpaired) electrons. The summed E-state index contributed by atoms with van der Waals surface area (Å²) < 4.78 is 17.4. The Kier molecular flexibility index (Phi) is 12.1. The fourth-order valence-electron chi connectivity index (χ4n) is 3.80. The number of nitrogens with zero attached hydrogens (tertiary/aromatic N) is 1. The van der Waals surface area contributed by atoms with Crippen molar-refractivity contribution in [2.45, 2.75) is 72.1 Å². The van der Waals surface area contributed by atoms with E-state index < -0.39 is 11.8 Å². The van der Waals surface area contributed by atoms with Crippen molar-refractivity contribution in [3.8, 4) is 0 Å². The number of halogens is 1. The monoisotopic (exact) mass is 531 g/mol. The summed E-state index contributed by atoms with van der Waals surface area (Å²) in [5.41, 5.74) is 0.573. The Morgan fingerprint density at radius 3 is 2.19 bits per heavy atom. The van der Waals surface area contributed by atoms with Crippen molar-refractivity contribution in [2.75, 3.05) is 25.2 Å². The minimum atomic E-state index is -0.675. The van der Waals surface area contributed by atoms with E-state index in [9.17, 15) is 9.59 Å². The molecule has 2 heterocycles. The highest BCUT2D eigenvalue weighted by Gasteiger charge is 2.39. The van der Waals surface area contributed by atoms with Gasteiger partial charge in [-0.05, 0) is 67.4 Å². The van der Waals surface area contributed by atoms with Crippen LogP contribution in [0.1, 0.15) is 70.0 Å². The number of hydrogen-bond acceptors (Lipinski definition) is 6. The molecule has 1 saturated heterocycles. The third-order valence-electron chi connectivity index (χ3n) is 5.53. The Bertz CT molecular complexity index is 733. The van der Waals surface area contributed by atoms with Gasteiger partial charge in [0.2, 0.25) is 5.91 Å². The normalized spacial score (nSPS) is 22.5. The van der Waals surface area contributed by atoms with Crippen molar-refractivity contribution >= 4 is 44.8 Å². The predicted molar refractivity (Wildman–Crippen MR) is 134 cm³/mol. The van der Waals surface area contributed by atoms with Crippen LogP contribution in [-0.2, 0) is 19.0 Å². The molecule has 32 heavy (non-hydrogen) atoms. The highest BCUT2D eigenvalue weighted by atomic mass is 79.9. The van der Waals surface area contributed by atoms with Gasteiger partial charge < -0.3 is 19.1 Å². The van der Waals surface area contributed by atoms with Gasteiger partial charge in [-0.15, -0.1) is 24.5 Å². The van der Waals surface area contributed by atoms with Crippen LogP contribution in [0.4, 0.5) is 5.69 Å². The number of amides is 1. The lowest BCUT2D eigenvalue weighted by molar-refractivity contribution is -0.250. The van der Waals surface area contributed by atoms with Crippen molar-refractivity contribution in [3.05, 3.63) is 27.9 Å². The molecule has 1 aromatic rings. The second-order valence-corrected chi connectivity index (χ2v) is 10.5. The van der Waals surface area contributed by atoms with E-state index in [-0.39, 0.29) is 17.9 Å². The van der Waals surface area contributed by atoms with E-state index in [0.29, 0.717) is 29.7 Å². The lowest BCUT2D eigenvalue weighted by atomic mass is 9.82. The van der Waals surface area contributed by atoms with Gasteiger partial charge in [0.1, 0.15) is 4.88 Å². The van der Waals surface area contributed by atoms with Crippen molar-refractivity contribution in [2.24, 2.45) is 11.8 Å². The molecule has 0 spiro atoms.